The molecule has 0 bridgehead atoms. The highest BCUT2D eigenvalue weighted by Gasteiger charge is 2.54. The highest BCUT2D eigenvalue weighted by atomic mass is 16.2. The predicted molar refractivity (Wildman–Crippen MR) is 129 cm³/mol. The molecule has 2 fully saturated rings. The first kappa shape index (κ1) is 23.5. The number of barbiturate groups is 2. The van der Waals surface area contributed by atoms with E-state index < -0.39 is 53.4 Å². The van der Waals surface area contributed by atoms with Crippen LogP contribution in [0.4, 0.5) is 21.0 Å². The Balaban J connectivity index is 1.63. The van der Waals surface area contributed by atoms with Crippen molar-refractivity contribution < 1.29 is 28.8 Å². The summed E-state index contributed by atoms with van der Waals surface area (Å²) in [4.78, 5) is 84.7. The molecule has 2 aliphatic rings. The van der Waals surface area contributed by atoms with Gasteiger partial charge in [0, 0.05) is 18.3 Å². The van der Waals surface area contributed by atoms with Crippen molar-refractivity contribution >= 4 is 47.1 Å². The van der Waals surface area contributed by atoms with E-state index in [0.717, 1.165) is 9.80 Å². The summed E-state index contributed by atoms with van der Waals surface area (Å²) < 4.78 is 0. The molecule has 0 aliphatic carbocycles. The van der Waals surface area contributed by atoms with Gasteiger partial charge in [0.15, 0.2) is 0 Å². The van der Waals surface area contributed by atoms with Crippen LogP contribution < -0.4 is 20.4 Å². The Morgan fingerprint density at radius 2 is 1.00 bits per heavy atom. The summed E-state index contributed by atoms with van der Waals surface area (Å²) in [6, 6.07) is 16.9. The lowest BCUT2D eigenvalue weighted by Crippen LogP contribution is -2.64. The predicted octanol–water partition coefficient (Wildman–Crippen LogP) is 1.96. The number of imide groups is 4. The van der Waals surface area contributed by atoms with Gasteiger partial charge in [-0.25, -0.2) is 19.4 Å². The minimum Gasteiger partial charge on any atom is -0.277 e. The number of urea groups is 2. The first-order valence-electron chi connectivity index (χ1n) is 11.3. The SMILES string of the molecule is O=C1NC(=O)N(c2ccccc2)C(=O)C1C(c1ccncc1)C1C(=O)NC(=O)N(c2ccccc2)C1=O. The third-order valence-electron chi connectivity index (χ3n) is 6.24. The molecule has 0 radical (unpaired) electrons. The Morgan fingerprint density at radius 3 is 1.41 bits per heavy atom. The molecule has 2 atom stereocenters. The van der Waals surface area contributed by atoms with Crippen LogP contribution in [0, 0.1) is 11.8 Å². The van der Waals surface area contributed by atoms with Gasteiger partial charge in [0.05, 0.1) is 11.4 Å². The summed E-state index contributed by atoms with van der Waals surface area (Å²) in [5.74, 6) is -8.41. The molecule has 37 heavy (non-hydrogen) atoms. The molecule has 1 aromatic heterocycles. The largest absolute Gasteiger partial charge is 0.335 e. The van der Waals surface area contributed by atoms with Crippen molar-refractivity contribution in [1.29, 1.82) is 0 Å². The molecular weight excluding hydrogens is 478 g/mol. The molecule has 2 unspecified atom stereocenters. The molecule has 184 valence electrons. The van der Waals surface area contributed by atoms with E-state index in [1.54, 1.807) is 36.4 Å². The lowest BCUT2D eigenvalue weighted by molar-refractivity contribution is -0.140. The van der Waals surface area contributed by atoms with Gasteiger partial charge in [0.2, 0.25) is 23.6 Å². The number of nitrogens with zero attached hydrogens (tertiary/aromatic N) is 3. The standard InChI is InChI=1S/C26H19N5O6/c32-21-19(23(34)30(25(36)28-21)16-7-3-1-4-8-16)18(15-11-13-27-14-12-15)20-22(33)29-26(37)31(24(20)35)17-9-5-2-6-10-17/h1-14,18-20H,(H,28,32,36)(H,29,33,37). The van der Waals surface area contributed by atoms with Crippen molar-refractivity contribution in [3.8, 4) is 0 Å². The normalized spacial score (nSPS) is 21.0. The van der Waals surface area contributed by atoms with E-state index >= 15 is 0 Å². The van der Waals surface area contributed by atoms with Crippen LogP contribution >= 0.6 is 0 Å². The van der Waals surface area contributed by atoms with Crippen molar-refractivity contribution in [3.05, 3.63) is 90.8 Å². The number of pyridine rings is 1. The Hall–Kier alpha value is -5.19. The number of amides is 8. The van der Waals surface area contributed by atoms with Gasteiger partial charge >= 0.3 is 12.1 Å². The van der Waals surface area contributed by atoms with E-state index in [9.17, 15) is 28.8 Å². The number of aromatic nitrogens is 1. The van der Waals surface area contributed by atoms with E-state index in [-0.39, 0.29) is 16.9 Å². The van der Waals surface area contributed by atoms with Crippen molar-refractivity contribution in [3.63, 3.8) is 0 Å². The van der Waals surface area contributed by atoms with Gasteiger partial charge in [0.1, 0.15) is 11.8 Å². The number of hydrogen-bond donors (Lipinski definition) is 2. The van der Waals surface area contributed by atoms with Gasteiger partial charge in [-0.05, 0) is 42.0 Å². The van der Waals surface area contributed by atoms with Gasteiger partial charge < -0.3 is 0 Å². The molecule has 2 aromatic carbocycles. The molecule has 0 saturated carbocycles. The van der Waals surface area contributed by atoms with E-state index in [4.69, 9.17) is 0 Å². The lowest BCUT2D eigenvalue weighted by atomic mass is 9.73. The molecule has 11 heteroatoms. The fourth-order valence-electron chi connectivity index (χ4n) is 4.62. The molecule has 3 heterocycles. The van der Waals surface area contributed by atoms with Crippen LogP contribution in [0.1, 0.15) is 11.5 Å². The van der Waals surface area contributed by atoms with Gasteiger partial charge in [0.25, 0.3) is 0 Å². The van der Waals surface area contributed by atoms with Crippen molar-refractivity contribution in [2.75, 3.05) is 9.80 Å². The minimum absolute atomic E-state index is 0.205. The van der Waals surface area contributed by atoms with Crippen LogP contribution in [0.15, 0.2) is 85.2 Å². The van der Waals surface area contributed by atoms with Crippen LogP contribution in [-0.4, -0.2) is 40.7 Å². The topological polar surface area (TPSA) is 146 Å². The zero-order valence-corrected chi connectivity index (χ0v) is 19.1. The van der Waals surface area contributed by atoms with Gasteiger partial charge in [-0.2, -0.15) is 0 Å². The zero-order valence-electron chi connectivity index (χ0n) is 19.1. The fraction of sp³-hybridized carbons (Fsp3) is 0.115. The molecule has 2 aliphatic heterocycles. The maximum Gasteiger partial charge on any atom is 0.335 e. The Kier molecular flexibility index (Phi) is 6.02. The number of carbonyl (C=O) groups is 6. The first-order valence-corrected chi connectivity index (χ1v) is 11.3. The van der Waals surface area contributed by atoms with Crippen LogP contribution in [0.25, 0.3) is 0 Å². The maximum absolute atomic E-state index is 13.7. The Bertz CT molecular complexity index is 1320. The third-order valence-corrected chi connectivity index (χ3v) is 6.24. The summed E-state index contributed by atoms with van der Waals surface area (Å²) >= 11 is 0. The summed E-state index contributed by atoms with van der Waals surface area (Å²) in [5.41, 5.74) is 0.690. The second-order valence-electron chi connectivity index (χ2n) is 8.37. The average molecular weight is 497 g/mol. The quantitative estimate of drug-likeness (QED) is 0.513. The van der Waals surface area contributed by atoms with Crippen LogP contribution in [0.2, 0.25) is 0 Å². The summed E-state index contributed by atoms with van der Waals surface area (Å²) in [6.07, 6.45) is 2.78. The van der Waals surface area contributed by atoms with E-state index in [1.807, 2.05) is 0 Å². The van der Waals surface area contributed by atoms with Crippen LogP contribution in [-0.2, 0) is 19.2 Å². The summed E-state index contributed by atoms with van der Waals surface area (Å²) in [6.45, 7) is 0. The molecule has 5 rings (SSSR count). The monoisotopic (exact) mass is 497 g/mol. The van der Waals surface area contributed by atoms with Gasteiger partial charge in [-0.3, -0.25) is 34.8 Å². The number of rotatable bonds is 5. The second kappa shape index (κ2) is 9.46. The molecule has 11 nitrogen and oxygen atoms in total. The minimum atomic E-state index is -1.65. The van der Waals surface area contributed by atoms with Gasteiger partial charge in [-0.1, -0.05) is 36.4 Å². The molecule has 8 amide bonds. The molecular formula is C26H19N5O6. The number of hydrogen-bond acceptors (Lipinski definition) is 7. The average Bonchev–Trinajstić information content (AvgIpc) is 2.89. The highest BCUT2D eigenvalue weighted by molar-refractivity contribution is 6.31. The molecule has 2 saturated heterocycles. The number of benzene rings is 2. The number of anilines is 2. The van der Waals surface area contributed by atoms with E-state index in [1.165, 1.54) is 48.8 Å². The third kappa shape index (κ3) is 4.12. The lowest BCUT2D eigenvalue weighted by Gasteiger charge is -2.39. The van der Waals surface area contributed by atoms with Gasteiger partial charge in [-0.15, -0.1) is 0 Å². The smallest absolute Gasteiger partial charge is 0.277 e. The Labute approximate surface area is 210 Å². The van der Waals surface area contributed by atoms with Crippen LogP contribution in [0.3, 0.4) is 0 Å². The molecule has 2 N–H and O–H groups in total. The first-order chi connectivity index (χ1) is 17.9. The van der Waals surface area contributed by atoms with E-state index in [0.29, 0.717) is 0 Å². The fourth-order valence-corrected chi connectivity index (χ4v) is 4.62. The summed E-state index contributed by atoms with van der Waals surface area (Å²) in [5, 5.41) is 4.33. The summed E-state index contributed by atoms with van der Waals surface area (Å²) in [7, 11) is 0. The van der Waals surface area contributed by atoms with Crippen molar-refractivity contribution in [2.24, 2.45) is 11.8 Å². The number of nitrogens with one attached hydrogen (secondary N) is 2. The molecule has 0 spiro atoms. The van der Waals surface area contributed by atoms with Crippen molar-refractivity contribution in [1.82, 2.24) is 15.6 Å². The maximum atomic E-state index is 13.7. The zero-order chi connectivity index (χ0) is 26.1. The molecule has 3 aromatic rings. The van der Waals surface area contributed by atoms with Crippen molar-refractivity contribution in [2.45, 2.75) is 5.92 Å². The second-order valence-corrected chi connectivity index (χ2v) is 8.37. The van der Waals surface area contributed by atoms with Crippen LogP contribution in [0.5, 0.6) is 0 Å². The number of para-hydroxylation sites is 2. The number of carbonyl (C=O) groups excluding carboxylic acids is 6. The Morgan fingerprint density at radius 1 is 0.595 bits per heavy atom. The van der Waals surface area contributed by atoms with E-state index in [2.05, 4.69) is 15.6 Å². The highest BCUT2D eigenvalue weighted by Crippen LogP contribution is 2.39.